The minimum atomic E-state index is -3.79. The second kappa shape index (κ2) is 5.85. The molecular formula is C12H16BrF2NO2S. The first kappa shape index (κ1) is 16.5. The minimum Gasteiger partial charge on any atom is -0.246 e. The molecule has 0 aromatic heterocycles. The van der Waals surface area contributed by atoms with Crippen LogP contribution in [0.2, 0.25) is 0 Å². The third kappa shape index (κ3) is 4.22. The molecule has 1 rings (SSSR count). The number of halogens is 3. The predicted molar refractivity (Wildman–Crippen MR) is 73.8 cm³/mol. The van der Waals surface area contributed by atoms with Crippen LogP contribution in [-0.2, 0) is 23.4 Å². The summed E-state index contributed by atoms with van der Waals surface area (Å²) >= 11 is 3.09. The summed E-state index contributed by atoms with van der Waals surface area (Å²) in [7, 11) is -3.79. The van der Waals surface area contributed by atoms with E-state index in [0.29, 0.717) is 0 Å². The van der Waals surface area contributed by atoms with Crippen molar-refractivity contribution in [1.29, 1.82) is 0 Å². The smallest absolute Gasteiger partial charge is 0.242 e. The standard InChI is InChI=1S/C12H16BrF2NO2S/c1-12(2,3)16-19(17,18)11-5-9(7-15)8(6-14)4-10(11)13/h4-5,16H,6-7H2,1-3H3. The van der Waals surface area contributed by atoms with Crippen LogP contribution in [0, 0.1) is 0 Å². The van der Waals surface area contributed by atoms with E-state index in [1.807, 2.05) is 0 Å². The first-order valence-electron chi connectivity index (χ1n) is 5.58. The lowest BCUT2D eigenvalue weighted by Crippen LogP contribution is -2.40. The Morgan fingerprint density at radius 2 is 1.63 bits per heavy atom. The maximum atomic E-state index is 12.8. The van der Waals surface area contributed by atoms with E-state index in [1.165, 1.54) is 6.07 Å². The Hall–Kier alpha value is -0.530. The van der Waals surface area contributed by atoms with Crippen LogP contribution in [0.5, 0.6) is 0 Å². The van der Waals surface area contributed by atoms with E-state index in [9.17, 15) is 17.2 Å². The van der Waals surface area contributed by atoms with Gasteiger partial charge in [0.2, 0.25) is 10.0 Å². The molecule has 0 saturated heterocycles. The van der Waals surface area contributed by atoms with Gasteiger partial charge in [-0.05, 0) is 60.0 Å². The lowest BCUT2D eigenvalue weighted by atomic mass is 10.1. The Morgan fingerprint density at radius 3 is 2.05 bits per heavy atom. The van der Waals surface area contributed by atoms with E-state index >= 15 is 0 Å². The van der Waals surface area contributed by atoms with Crippen molar-refractivity contribution in [2.24, 2.45) is 0 Å². The van der Waals surface area contributed by atoms with Gasteiger partial charge in [0.1, 0.15) is 13.3 Å². The van der Waals surface area contributed by atoms with Crippen LogP contribution in [0.4, 0.5) is 8.78 Å². The molecule has 0 aliphatic heterocycles. The van der Waals surface area contributed by atoms with E-state index in [4.69, 9.17) is 0 Å². The van der Waals surface area contributed by atoms with Gasteiger partial charge in [-0.1, -0.05) is 0 Å². The fourth-order valence-electron chi connectivity index (χ4n) is 1.55. The quantitative estimate of drug-likeness (QED) is 0.898. The molecular weight excluding hydrogens is 340 g/mol. The Balaban J connectivity index is 3.35. The highest BCUT2D eigenvalue weighted by atomic mass is 79.9. The van der Waals surface area contributed by atoms with Gasteiger partial charge >= 0.3 is 0 Å². The third-order valence-corrected chi connectivity index (χ3v) is 4.99. The molecule has 0 aliphatic rings. The van der Waals surface area contributed by atoms with Crippen LogP contribution in [0.15, 0.2) is 21.5 Å². The fourth-order valence-corrected chi connectivity index (χ4v) is 4.11. The van der Waals surface area contributed by atoms with Crippen molar-refractivity contribution in [3.8, 4) is 0 Å². The average Bonchev–Trinajstić information content (AvgIpc) is 2.24. The molecule has 0 spiro atoms. The largest absolute Gasteiger partial charge is 0.246 e. The van der Waals surface area contributed by atoms with E-state index in [2.05, 4.69) is 20.7 Å². The van der Waals surface area contributed by atoms with Crippen LogP contribution >= 0.6 is 15.9 Å². The zero-order valence-electron chi connectivity index (χ0n) is 10.9. The Labute approximate surface area is 120 Å². The van der Waals surface area contributed by atoms with Crippen molar-refractivity contribution in [2.45, 2.75) is 44.6 Å². The third-order valence-electron chi connectivity index (χ3n) is 2.27. The molecule has 0 radical (unpaired) electrons. The highest BCUT2D eigenvalue weighted by Crippen LogP contribution is 2.28. The zero-order valence-corrected chi connectivity index (χ0v) is 13.3. The molecule has 1 aromatic carbocycles. The van der Waals surface area contributed by atoms with Crippen LogP contribution in [0.3, 0.4) is 0 Å². The molecule has 0 atom stereocenters. The summed E-state index contributed by atoms with van der Waals surface area (Å²) in [5, 5.41) is 0. The second-order valence-corrected chi connectivity index (χ2v) is 7.68. The van der Waals surface area contributed by atoms with Gasteiger partial charge in [0.05, 0.1) is 4.90 Å². The van der Waals surface area contributed by atoms with Crippen molar-refractivity contribution in [2.75, 3.05) is 0 Å². The summed E-state index contributed by atoms with van der Waals surface area (Å²) in [4.78, 5) is -0.0905. The Kier molecular flexibility index (Phi) is 5.08. The van der Waals surface area contributed by atoms with Gasteiger partial charge in [0.15, 0.2) is 0 Å². The maximum Gasteiger partial charge on any atom is 0.242 e. The van der Waals surface area contributed by atoms with Crippen molar-refractivity contribution in [1.82, 2.24) is 4.72 Å². The highest BCUT2D eigenvalue weighted by molar-refractivity contribution is 9.10. The van der Waals surface area contributed by atoms with Crippen LogP contribution in [0.25, 0.3) is 0 Å². The van der Waals surface area contributed by atoms with Gasteiger partial charge in [-0.2, -0.15) is 0 Å². The predicted octanol–water partition coefficient (Wildman–Crippen LogP) is 3.46. The molecule has 0 saturated carbocycles. The fraction of sp³-hybridized carbons (Fsp3) is 0.500. The SMILES string of the molecule is CC(C)(C)NS(=O)(=O)c1cc(CF)c(CF)cc1Br. The molecule has 1 N–H and O–H groups in total. The molecule has 108 valence electrons. The molecule has 0 fully saturated rings. The van der Waals surface area contributed by atoms with Crippen molar-refractivity contribution in [3.05, 3.63) is 27.7 Å². The number of alkyl halides is 2. The van der Waals surface area contributed by atoms with Crippen LogP contribution < -0.4 is 4.72 Å². The summed E-state index contributed by atoms with van der Waals surface area (Å²) in [6, 6.07) is 2.46. The summed E-state index contributed by atoms with van der Waals surface area (Å²) < 4.78 is 52.6. The van der Waals surface area contributed by atoms with Crippen molar-refractivity contribution >= 4 is 26.0 Å². The van der Waals surface area contributed by atoms with Crippen molar-refractivity contribution in [3.63, 3.8) is 0 Å². The molecule has 0 bridgehead atoms. The molecule has 0 amide bonds. The van der Waals surface area contributed by atoms with E-state index in [0.717, 1.165) is 6.07 Å². The number of hydrogen-bond donors (Lipinski definition) is 1. The summed E-state index contributed by atoms with van der Waals surface area (Å²) in [6.07, 6.45) is 0. The Bertz CT molecular complexity index is 568. The Morgan fingerprint density at radius 1 is 1.16 bits per heavy atom. The molecule has 1 aromatic rings. The molecule has 3 nitrogen and oxygen atoms in total. The van der Waals surface area contributed by atoms with Crippen molar-refractivity contribution < 1.29 is 17.2 Å². The van der Waals surface area contributed by atoms with Crippen LogP contribution in [-0.4, -0.2) is 14.0 Å². The topological polar surface area (TPSA) is 46.2 Å². The lowest BCUT2D eigenvalue weighted by molar-refractivity contribution is 0.453. The van der Waals surface area contributed by atoms with Gasteiger partial charge in [-0.15, -0.1) is 0 Å². The second-order valence-electron chi connectivity index (χ2n) is 5.17. The van der Waals surface area contributed by atoms with Gasteiger partial charge in [-0.3, -0.25) is 0 Å². The van der Waals surface area contributed by atoms with Crippen LogP contribution in [0.1, 0.15) is 31.9 Å². The number of rotatable bonds is 4. The minimum absolute atomic E-state index is 0.0417. The number of sulfonamides is 1. The molecule has 19 heavy (non-hydrogen) atoms. The van der Waals surface area contributed by atoms with E-state index in [-0.39, 0.29) is 20.5 Å². The molecule has 0 aliphatic carbocycles. The van der Waals surface area contributed by atoms with Gasteiger partial charge < -0.3 is 0 Å². The first-order chi connectivity index (χ1) is 8.60. The van der Waals surface area contributed by atoms with E-state index < -0.39 is 28.9 Å². The lowest BCUT2D eigenvalue weighted by Gasteiger charge is -2.21. The molecule has 7 heteroatoms. The van der Waals surface area contributed by atoms with E-state index in [1.54, 1.807) is 20.8 Å². The van der Waals surface area contributed by atoms with Gasteiger partial charge in [0, 0.05) is 10.0 Å². The molecule has 0 unspecified atom stereocenters. The van der Waals surface area contributed by atoms with Gasteiger partial charge in [-0.25, -0.2) is 21.9 Å². The maximum absolute atomic E-state index is 12.8. The monoisotopic (exact) mass is 355 g/mol. The summed E-state index contributed by atoms with van der Waals surface area (Å²) in [6.45, 7) is 3.34. The average molecular weight is 356 g/mol. The zero-order chi connectivity index (χ0) is 14.8. The highest BCUT2D eigenvalue weighted by Gasteiger charge is 2.25. The summed E-state index contributed by atoms with van der Waals surface area (Å²) in [5.41, 5.74) is -0.475. The number of hydrogen-bond acceptors (Lipinski definition) is 2. The normalized spacial score (nSPS) is 12.7. The summed E-state index contributed by atoms with van der Waals surface area (Å²) in [5.74, 6) is 0. The first-order valence-corrected chi connectivity index (χ1v) is 7.85. The molecule has 0 heterocycles. The number of nitrogens with one attached hydrogen (secondary N) is 1. The number of benzene rings is 1. The van der Waals surface area contributed by atoms with Gasteiger partial charge in [0.25, 0.3) is 0 Å².